The molecule has 0 saturated carbocycles. The second kappa shape index (κ2) is 11.0. The molecule has 0 fully saturated rings. The van der Waals surface area contributed by atoms with Gasteiger partial charge < -0.3 is 18.9 Å². The Morgan fingerprint density at radius 3 is 2.88 bits per heavy atom. The Bertz CT molecular complexity index is 1020. The van der Waals surface area contributed by atoms with E-state index >= 15 is 0 Å². The average Bonchev–Trinajstić information content (AvgIpc) is 3.30. The minimum Gasteiger partial charge on any atom is -0.491 e. The van der Waals surface area contributed by atoms with E-state index in [2.05, 4.69) is 48.3 Å². The molecule has 0 saturated heterocycles. The predicted octanol–water partition coefficient (Wildman–Crippen LogP) is 4.00. The number of aromatic nitrogens is 2. The predicted molar refractivity (Wildman–Crippen MR) is 124 cm³/mol. The van der Waals surface area contributed by atoms with E-state index in [0.717, 1.165) is 30.7 Å². The molecule has 6 nitrogen and oxygen atoms in total. The topological polar surface area (TPSA) is 56.6 Å². The number of hydrogen-bond acceptors (Lipinski definition) is 4. The van der Waals surface area contributed by atoms with E-state index in [1.807, 2.05) is 21.7 Å². The molecule has 168 valence electrons. The van der Waals surface area contributed by atoms with Crippen LogP contribution in [0.15, 0.2) is 61.2 Å². The average molecular weight is 434 g/mol. The monoisotopic (exact) mass is 433 g/mol. The number of imidazole rings is 1. The summed E-state index contributed by atoms with van der Waals surface area (Å²) in [6.07, 6.45) is 7.56. The van der Waals surface area contributed by atoms with E-state index in [1.54, 1.807) is 12.5 Å². The molecule has 0 radical (unpaired) electrons. The zero-order valence-electron chi connectivity index (χ0n) is 18.7. The van der Waals surface area contributed by atoms with Crippen LogP contribution in [-0.2, 0) is 29.0 Å². The van der Waals surface area contributed by atoms with Crippen molar-refractivity contribution in [1.29, 1.82) is 0 Å². The summed E-state index contributed by atoms with van der Waals surface area (Å²) in [5.74, 6) is 1.07. The van der Waals surface area contributed by atoms with Gasteiger partial charge in [0, 0.05) is 44.9 Å². The van der Waals surface area contributed by atoms with Crippen molar-refractivity contribution < 1.29 is 14.3 Å². The number of nitrogens with zero attached hydrogens (tertiary/aromatic N) is 3. The molecule has 1 aromatic heterocycles. The zero-order valence-corrected chi connectivity index (χ0v) is 18.7. The summed E-state index contributed by atoms with van der Waals surface area (Å²) in [7, 11) is 0. The first-order valence-electron chi connectivity index (χ1n) is 11.3. The Hall–Kier alpha value is -3.12. The van der Waals surface area contributed by atoms with Crippen molar-refractivity contribution in [2.75, 3.05) is 26.4 Å². The summed E-state index contributed by atoms with van der Waals surface area (Å²) < 4.78 is 13.8. The van der Waals surface area contributed by atoms with Crippen molar-refractivity contribution in [1.82, 2.24) is 14.5 Å². The Morgan fingerprint density at radius 2 is 2.00 bits per heavy atom. The molecule has 1 aliphatic heterocycles. The highest BCUT2D eigenvalue weighted by Crippen LogP contribution is 2.24. The fourth-order valence-corrected chi connectivity index (χ4v) is 4.03. The first-order chi connectivity index (χ1) is 15.7. The van der Waals surface area contributed by atoms with Gasteiger partial charge in [-0.25, -0.2) is 4.98 Å². The van der Waals surface area contributed by atoms with Gasteiger partial charge in [0.05, 0.1) is 19.5 Å². The molecule has 4 rings (SSSR count). The molecule has 0 N–H and O–H groups in total. The van der Waals surface area contributed by atoms with Crippen LogP contribution < -0.4 is 4.74 Å². The van der Waals surface area contributed by atoms with Crippen LogP contribution in [0.5, 0.6) is 5.75 Å². The minimum atomic E-state index is 0.156. The van der Waals surface area contributed by atoms with Crippen molar-refractivity contribution in [2.24, 2.45) is 0 Å². The molecule has 0 spiro atoms. The Morgan fingerprint density at radius 1 is 1.09 bits per heavy atom. The molecule has 2 bridgehead atoms. The molecule has 32 heavy (non-hydrogen) atoms. The van der Waals surface area contributed by atoms with Gasteiger partial charge in [-0.05, 0) is 36.1 Å². The number of fused-ring (bicyclic) bond motifs is 3. The Balaban J connectivity index is 1.48. The largest absolute Gasteiger partial charge is 0.491 e. The lowest BCUT2D eigenvalue weighted by atomic mass is 10.00. The molecule has 2 aromatic carbocycles. The van der Waals surface area contributed by atoms with Crippen LogP contribution in [0.2, 0.25) is 0 Å². The van der Waals surface area contributed by atoms with Crippen LogP contribution >= 0.6 is 0 Å². The molecule has 1 aliphatic rings. The number of carbonyl (C=O) groups excluding carboxylic acids is 1. The highest BCUT2D eigenvalue weighted by atomic mass is 16.5. The molecule has 0 unspecified atom stereocenters. The maximum atomic E-state index is 13.0. The highest BCUT2D eigenvalue weighted by molar-refractivity contribution is 5.76. The standard InChI is InChI=1S/C26H31N3O3/c1-21-7-8-25-24(16-21)18-22-4-2-5-23(17-22)19-29(12-13-31-14-15-32-25)26(30)6-3-10-28-11-9-27-20-28/h2,4-5,7-9,11,16-17,20H,3,6,10,12-15,18-19H2,1H3. The fourth-order valence-electron chi connectivity index (χ4n) is 4.03. The van der Waals surface area contributed by atoms with Gasteiger partial charge in [0.15, 0.2) is 0 Å². The molecular formula is C26H31N3O3. The fraction of sp³-hybridized carbons (Fsp3) is 0.385. The minimum absolute atomic E-state index is 0.156. The van der Waals surface area contributed by atoms with Gasteiger partial charge in [0.1, 0.15) is 12.4 Å². The lowest BCUT2D eigenvalue weighted by Crippen LogP contribution is -2.34. The van der Waals surface area contributed by atoms with Crippen molar-refractivity contribution >= 4 is 5.91 Å². The third-order valence-electron chi connectivity index (χ3n) is 5.69. The van der Waals surface area contributed by atoms with E-state index in [1.165, 1.54) is 16.7 Å². The van der Waals surface area contributed by atoms with Crippen molar-refractivity contribution in [3.05, 3.63) is 83.4 Å². The second-order valence-corrected chi connectivity index (χ2v) is 8.29. The summed E-state index contributed by atoms with van der Waals surface area (Å²) in [5.41, 5.74) is 4.75. The van der Waals surface area contributed by atoms with E-state index < -0.39 is 0 Å². The van der Waals surface area contributed by atoms with Crippen LogP contribution in [0.25, 0.3) is 0 Å². The molecule has 0 atom stereocenters. The number of ether oxygens (including phenoxy) is 2. The van der Waals surface area contributed by atoms with E-state index in [-0.39, 0.29) is 5.91 Å². The SMILES string of the molecule is Cc1ccc2c(c1)Cc1cccc(c1)CN(C(=O)CCCn1ccnc1)CCOCCO2. The maximum Gasteiger partial charge on any atom is 0.223 e. The number of aryl methyl sites for hydroxylation is 2. The van der Waals surface area contributed by atoms with Gasteiger partial charge in [0.25, 0.3) is 0 Å². The molecular weight excluding hydrogens is 402 g/mol. The summed E-state index contributed by atoms with van der Waals surface area (Å²) in [5, 5.41) is 0. The first kappa shape index (κ1) is 22.1. The van der Waals surface area contributed by atoms with Crippen molar-refractivity contribution in [2.45, 2.75) is 39.3 Å². The van der Waals surface area contributed by atoms with Crippen LogP contribution in [0.1, 0.15) is 35.1 Å². The number of benzene rings is 2. The summed E-state index contributed by atoms with van der Waals surface area (Å²) in [4.78, 5) is 19.0. The van der Waals surface area contributed by atoms with E-state index in [0.29, 0.717) is 39.3 Å². The summed E-state index contributed by atoms with van der Waals surface area (Å²) in [6, 6.07) is 14.8. The molecule has 2 heterocycles. The van der Waals surface area contributed by atoms with Crippen LogP contribution in [-0.4, -0.2) is 46.7 Å². The Labute approximate surface area is 189 Å². The lowest BCUT2D eigenvalue weighted by Gasteiger charge is -2.24. The lowest BCUT2D eigenvalue weighted by molar-refractivity contribution is -0.132. The third-order valence-corrected chi connectivity index (χ3v) is 5.69. The van der Waals surface area contributed by atoms with Gasteiger partial charge in [-0.2, -0.15) is 0 Å². The zero-order chi connectivity index (χ0) is 22.2. The maximum absolute atomic E-state index is 13.0. The van der Waals surface area contributed by atoms with Gasteiger partial charge in [-0.15, -0.1) is 0 Å². The van der Waals surface area contributed by atoms with Gasteiger partial charge in [-0.3, -0.25) is 4.79 Å². The molecule has 3 aromatic rings. The number of amides is 1. The number of hydrogen-bond donors (Lipinski definition) is 0. The summed E-state index contributed by atoms with van der Waals surface area (Å²) in [6.45, 7) is 5.55. The second-order valence-electron chi connectivity index (χ2n) is 8.29. The molecule has 0 aliphatic carbocycles. The normalized spacial score (nSPS) is 14.8. The van der Waals surface area contributed by atoms with Crippen LogP contribution in [0.4, 0.5) is 0 Å². The van der Waals surface area contributed by atoms with Gasteiger partial charge in [-0.1, -0.05) is 42.0 Å². The first-order valence-corrected chi connectivity index (χ1v) is 11.3. The highest BCUT2D eigenvalue weighted by Gasteiger charge is 2.15. The van der Waals surface area contributed by atoms with E-state index in [9.17, 15) is 4.79 Å². The van der Waals surface area contributed by atoms with Crippen molar-refractivity contribution in [3.63, 3.8) is 0 Å². The van der Waals surface area contributed by atoms with Crippen LogP contribution in [0.3, 0.4) is 0 Å². The number of rotatable bonds is 4. The smallest absolute Gasteiger partial charge is 0.223 e. The van der Waals surface area contributed by atoms with Crippen LogP contribution in [0, 0.1) is 6.92 Å². The summed E-state index contributed by atoms with van der Waals surface area (Å²) >= 11 is 0. The third kappa shape index (κ3) is 6.20. The van der Waals surface area contributed by atoms with Gasteiger partial charge >= 0.3 is 0 Å². The number of carbonyl (C=O) groups is 1. The van der Waals surface area contributed by atoms with Crippen molar-refractivity contribution in [3.8, 4) is 5.75 Å². The van der Waals surface area contributed by atoms with E-state index in [4.69, 9.17) is 9.47 Å². The Kier molecular flexibility index (Phi) is 7.56. The van der Waals surface area contributed by atoms with Gasteiger partial charge in [0.2, 0.25) is 5.91 Å². The molecule has 1 amide bonds. The quantitative estimate of drug-likeness (QED) is 0.624. The molecule has 6 heteroatoms.